The maximum Gasteiger partial charge on any atom is 0.000353 e. The number of hydrogen-bond donors (Lipinski definition) is 0. The van der Waals surface area contributed by atoms with Gasteiger partial charge in [-0.05, 0) is 13.6 Å². The Morgan fingerprint density at radius 1 is 1.36 bits per heavy atom. The molecule has 0 N–H and O–H groups in total. The molecule has 2 heteroatoms. The summed E-state index contributed by atoms with van der Waals surface area (Å²) in [5, 5.41) is 0. The van der Waals surface area contributed by atoms with E-state index in [0.717, 1.165) is 13.1 Å². The average molecular weight is 221 g/mol. The number of rotatable bonds is 0. The zero-order chi connectivity index (χ0) is 6.97. The second-order valence-corrected chi connectivity index (χ2v) is 2.87. The zero-order valence-corrected chi connectivity index (χ0v) is 9.51. The van der Waals surface area contributed by atoms with Gasteiger partial charge in [0.2, 0.25) is 0 Å². The Bertz CT molecular complexity index is 222. The minimum absolute atomic E-state index is 0. The maximum atomic E-state index is 3.09. The van der Waals surface area contributed by atoms with E-state index in [4.69, 9.17) is 0 Å². The van der Waals surface area contributed by atoms with Gasteiger partial charge in [0.25, 0.3) is 0 Å². The maximum absolute atomic E-state index is 3.09. The quantitative estimate of drug-likeness (QED) is 0.599. The molecule has 0 aromatic heterocycles. The summed E-state index contributed by atoms with van der Waals surface area (Å²) in [6, 6.07) is 9.30. The van der Waals surface area contributed by atoms with Crippen LogP contribution in [0.15, 0.2) is 18.2 Å². The van der Waals surface area contributed by atoms with Gasteiger partial charge in [0, 0.05) is 39.3 Å². The summed E-state index contributed by atoms with van der Waals surface area (Å²) in [7, 11) is 2.14. The summed E-state index contributed by atoms with van der Waals surface area (Å²) >= 11 is 0. The summed E-state index contributed by atoms with van der Waals surface area (Å²) < 4.78 is 0. The third-order valence-electron chi connectivity index (χ3n) is 1.93. The minimum Gasteiger partial charge on any atom is -0.311 e. The van der Waals surface area contributed by atoms with Crippen molar-refractivity contribution in [2.45, 2.75) is 13.1 Å². The number of fused-ring (bicyclic) bond motifs is 1. The van der Waals surface area contributed by atoms with Crippen LogP contribution in [-0.2, 0) is 45.8 Å². The molecule has 0 saturated heterocycles. The standard InChI is InChI=1S/C9H10N.Y/c1-10-6-8-4-2-3-5-9(8)7-10;/h2,4-5H,6-7H2,1H3;/q-1;. The Kier molecular flexibility index (Phi) is 3.23. The third-order valence-corrected chi connectivity index (χ3v) is 1.93. The fourth-order valence-corrected chi connectivity index (χ4v) is 1.44. The van der Waals surface area contributed by atoms with Gasteiger partial charge in [0.05, 0.1) is 0 Å². The van der Waals surface area contributed by atoms with Crippen LogP contribution >= 0.6 is 0 Å². The summed E-state index contributed by atoms with van der Waals surface area (Å²) in [4.78, 5) is 2.30. The van der Waals surface area contributed by atoms with Gasteiger partial charge >= 0.3 is 0 Å². The summed E-state index contributed by atoms with van der Waals surface area (Å²) in [5.41, 5.74) is 2.89. The fraction of sp³-hybridized carbons (Fsp3) is 0.333. The summed E-state index contributed by atoms with van der Waals surface area (Å²) in [6.07, 6.45) is 0. The van der Waals surface area contributed by atoms with E-state index in [1.165, 1.54) is 11.1 Å². The van der Waals surface area contributed by atoms with Crippen molar-refractivity contribution >= 4 is 0 Å². The number of benzene rings is 1. The largest absolute Gasteiger partial charge is 0.311 e. The molecule has 1 nitrogen and oxygen atoms in total. The van der Waals surface area contributed by atoms with E-state index < -0.39 is 0 Å². The summed E-state index contributed by atoms with van der Waals surface area (Å²) in [5.74, 6) is 0. The third kappa shape index (κ3) is 1.90. The van der Waals surface area contributed by atoms with Crippen molar-refractivity contribution in [3.63, 3.8) is 0 Å². The molecule has 1 aromatic carbocycles. The molecule has 55 valence electrons. The van der Waals surface area contributed by atoms with E-state index in [1.54, 1.807) is 0 Å². The first-order valence-corrected chi connectivity index (χ1v) is 3.52. The van der Waals surface area contributed by atoms with E-state index in [2.05, 4.69) is 30.1 Å². The van der Waals surface area contributed by atoms with Gasteiger partial charge < -0.3 is 4.90 Å². The number of nitrogens with zero attached hydrogens (tertiary/aromatic N) is 1. The molecule has 0 spiro atoms. The van der Waals surface area contributed by atoms with Gasteiger partial charge in [-0.2, -0.15) is 24.3 Å². The Labute approximate surface area is 92.7 Å². The van der Waals surface area contributed by atoms with Crippen molar-refractivity contribution in [2.75, 3.05) is 7.05 Å². The molecule has 0 saturated carbocycles. The predicted octanol–water partition coefficient (Wildman–Crippen LogP) is 1.43. The first kappa shape index (κ1) is 9.37. The Morgan fingerprint density at radius 3 is 2.82 bits per heavy atom. The van der Waals surface area contributed by atoms with Crippen molar-refractivity contribution in [2.24, 2.45) is 0 Å². The molecule has 0 atom stereocenters. The van der Waals surface area contributed by atoms with Gasteiger partial charge in [0.15, 0.2) is 0 Å². The molecule has 2 rings (SSSR count). The summed E-state index contributed by atoms with van der Waals surface area (Å²) in [6.45, 7) is 2.19. The van der Waals surface area contributed by atoms with Gasteiger partial charge in [0.1, 0.15) is 0 Å². The average Bonchev–Trinajstić information content (AvgIpc) is 2.27. The van der Waals surface area contributed by atoms with Crippen LogP contribution in [0.25, 0.3) is 0 Å². The predicted molar refractivity (Wildman–Crippen MR) is 40.4 cm³/mol. The van der Waals surface area contributed by atoms with Crippen LogP contribution < -0.4 is 0 Å². The molecule has 1 heterocycles. The van der Waals surface area contributed by atoms with Crippen LogP contribution in [0.4, 0.5) is 0 Å². The molecule has 0 fully saturated rings. The fourth-order valence-electron chi connectivity index (χ4n) is 1.44. The van der Waals surface area contributed by atoms with Crippen LogP contribution in [-0.4, -0.2) is 11.9 Å². The SMILES string of the molecule is CN1Cc2c[c-]ccc2C1.[Y]. The molecular formula is C9H10NY-. The van der Waals surface area contributed by atoms with Gasteiger partial charge in [-0.25, -0.2) is 0 Å². The molecule has 1 aromatic rings. The topological polar surface area (TPSA) is 3.24 Å². The van der Waals surface area contributed by atoms with E-state index in [1.807, 2.05) is 6.07 Å². The minimum atomic E-state index is 0. The zero-order valence-electron chi connectivity index (χ0n) is 6.67. The first-order valence-electron chi connectivity index (χ1n) is 3.52. The molecular weight excluding hydrogens is 211 g/mol. The van der Waals surface area contributed by atoms with Crippen LogP contribution in [0.1, 0.15) is 11.1 Å². The molecule has 0 bridgehead atoms. The van der Waals surface area contributed by atoms with Crippen molar-refractivity contribution in [1.82, 2.24) is 4.90 Å². The van der Waals surface area contributed by atoms with Gasteiger partial charge in [-0.15, -0.1) is 11.1 Å². The first-order chi connectivity index (χ1) is 4.86. The monoisotopic (exact) mass is 221 g/mol. The van der Waals surface area contributed by atoms with Crippen molar-refractivity contribution in [3.8, 4) is 0 Å². The Hall–Kier alpha value is 0.284. The van der Waals surface area contributed by atoms with E-state index in [0.29, 0.717) is 0 Å². The van der Waals surface area contributed by atoms with Gasteiger partial charge in [-0.1, -0.05) is 0 Å². The van der Waals surface area contributed by atoms with Crippen LogP contribution in [0.2, 0.25) is 0 Å². The molecule has 1 aliphatic rings. The molecule has 11 heavy (non-hydrogen) atoms. The van der Waals surface area contributed by atoms with Gasteiger partial charge in [-0.3, -0.25) is 0 Å². The van der Waals surface area contributed by atoms with Crippen LogP contribution in [0.3, 0.4) is 0 Å². The van der Waals surface area contributed by atoms with Crippen molar-refractivity contribution in [1.29, 1.82) is 0 Å². The number of hydrogen-bond acceptors (Lipinski definition) is 1. The van der Waals surface area contributed by atoms with E-state index in [-0.39, 0.29) is 32.7 Å². The van der Waals surface area contributed by atoms with Crippen LogP contribution in [0.5, 0.6) is 0 Å². The smallest absolute Gasteiger partial charge is 0.000353 e. The molecule has 1 radical (unpaired) electrons. The molecule has 1 aliphatic heterocycles. The van der Waals surface area contributed by atoms with Crippen LogP contribution in [0, 0.1) is 6.07 Å². The van der Waals surface area contributed by atoms with Crippen molar-refractivity contribution < 1.29 is 32.7 Å². The second kappa shape index (κ2) is 3.79. The van der Waals surface area contributed by atoms with Crippen molar-refractivity contribution in [3.05, 3.63) is 35.4 Å². The Morgan fingerprint density at radius 2 is 2.09 bits per heavy atom. The molecule has 0 unspecified atom stereocenters. The molecule has 0 aliphatic carbocycles. The molecule has 0 amide bonds. The van der Waals surface area contributed by atoms with E-state index >= 15 is 0 Å². The Balaban J connectivity index is 0.000000605. The van der Waals surface area contributed by atoms with E-state index in [9.17, 15) is 0 Å². The second-order valence-electron chi connectivity index (χ2n) is 2.87. The normalized spacial score (nSPS) is 15.7.